The molecule has 0 unspecified atom stereocenters. The van der Waals surface area contributed by atoms with Crippen LogP contribution in [0, 0.1) is 0 Å². The molecule has 4 heteroatoms. The number of aromatic nitrogens is 1. The van der Waals surface area contributed by atoms with Gasteiger partial charge < -0.3 is 10.1 Å². The van der Waals surface area contributed by atoms with Crippen LogP contribution in [0.2, 0.25) is 0 Å². The zero-order valence-corrected chi connectivity index (χ0v) is 14.8. The van der Waals surface area contributed by atoms with Gasteiger partial charge in [0.2, 0.25) is 5.88 Å². The zero-order chi connectivity index (χ0) is 17.0. The summed E-state index contributed by atoms with van der Waals surface area (Å²) in [5.74, 6) is 0.662. The summed E-state index contributed by atoms with van der Waals surface area (Å²) < 4.78 is 5.11. The highest BCUT2D eigenvalue weighted by molar-refractivity contribution is 5.18. The van der Waals surface area contributed by atoms with Crippen molar-refractivity contribution in [2.75, 3.05) is 13.7 Å². The summed E-state index contributed by atoms with van der Waals surface area (Å²) in [5, 5.41) is 3.68. The van der Waals surface area contributed by atoms with Gasteiger partial charge in [-0.1, -0.05) is 36.4 Å². The van der Waals surface area contributed by atoms with Crippen LogP contribution in [0.25, 0.3) is 0 Å². The van der Waals surface area contributed by atoms with Crippen LogP contribution >= 0.6 is 0 Å². The lowest BCUT2D eigenvalue weighted by Crippen LogP contribution is -2.37. The van der Waals surface area contributed by atoms with Crippen LogP contribution in [-0.2, 0) is 13.1 Å². The number of methoxy groups -OCH3 is 1. The molecule has 1 aromatic carbocycles. The number of likely N-dealkylation sites (tertiary alicyclic amines) is 1. The smallest absolute Gasteiger partial charge is 0.212 e. The van der Waals surface area contributed by atoms with E-state index in [9.17, 15) is 0 Å². The molecule has 2 aromatic rings. The molecule has 0 bridgehead atoms. The quantitative estimate of drug-likeness (QED) is 0.885. The van der Waals surface area contributed by atoms with Crippen molar-refractivity contribution >= 4 is 0 Å². The minimum Gasteiger partial charge on any atom is -0.481 e. The van der Waals surface area contributed by atoms with Crippen LogP contribution in [0.4, 0.5) is 0 Å². The van der Waals surface area contributed by atoms with Gasteiger partial charge in [0.15, 0.2) is 0 Å². The molecule has 4 nitrogen and oxygen atoms in total. The van der Waals surface area contributed by atoms with Gasteiger partial charge in [0.05, 0.1) is 7.11 Å². The second-order valence-corrected chi connectivity index (χ2v) is 7.17. The Morgan fingerprint density at radius 3 is 2.62 bits per heavy atom. The van der Waals surface area contributed by atoms with E-state index in [1.165, 1.54) is 11.1 Å². The van der Waals surface area contributed by atoms with E-state index in [1.54, 1.807) is 7.11 Å². The van der Waals surface area contributed by atoms with Crippen molar-refractivity contribution < 1.29 is 4.74 Å². The molecule has 0 saturated carbocycles. The number of hydrogen-bond acceptors (Lipinski definition) is 4. The van der Waals surface area contributed by atoms with Gasteiger partial charge in [-0.2, -0.15) is 0 Å². The first-order chi connectivity index (χ1) is 11.6. The van der Waals surface area contributed by atoms with E-state index >= 15 is 0 Å². The SMILES string of the molecule is COc1ccc(CN[C@@H]2CN(Cc3ccccc3)C(C)(C)C2)cn1. The monoisotopic (exact) mass is 325 g/mol. The number of nitrogens with one attached hydrogen (secondary N) is 1. The molecule has 0 amide bonds. The van der Waals surface area contributed by atoms with E-state index in [2.05, 4.69) is 65.4 Å². The molecule has 0 radical (unpaired) electrons. The molecule has 3 rings (SSSR count). The molecule has 128 valence electrons. The van der Waals surface area contributed by atoms with Crippen molar-refractivity contribution in [1.29, 1.82) is 0 Å². The third-order valence-electron chi connectivity index (χ3n) is 4.86. The Morgan fingerprint density at radius 2 is 1.96 bits per heavy atom. The van der Waals surface area contributed by atoms with E-state index < -0.39 is 0 Å². The molecule has 0 spiro atoms. The van der Waals surface area contributed by atoms with Crippen molar-refractivity contribution in [3.63, 3.8) is 0 Å². The van der Waals surface area contributed by atoms with E-state index in [-0.39, 0.29) is 5.54 Å². The van der Waals surface area contributed by atoms with Gasteiger partial charge in [-0.05, 0) is 31.4 Å². The van der Waals surface area contributed by atoms with E-state index in [4.69, 9.17) is 4.74 Å². The molecule has 1 aliphatic rings. The van der Waals surface area contributed by atoms with Crippen molar-refractivity contribution in [3.8, 4) is 5.88 Å². The summed E-state index contributed by atoms with van der Waals surface area (Å²) in [5.41, 5.74) is 2.78. The lowest BCUT2D eigenvalue weighted by Gasteiger charge is -2.31. The summed E-state index contributed by atoms with van der Waals surface area (Å²) in [6.45, 7) is 7.61. The Balaban J connectivity index is 1.56. The first kappa shape index (κ1) is 16.9. The summed E-state index contributed by atoms with van der Waals surface area (Å²) in [7, 11) is 1.64. The van der Waals surface area contributed by atoms with Gasteiger partial charge in [-0.25, -0.2) is 4.98 Å². The fourth-order valence-electron chi connectivity index (χ4n) is 3.43. The van der Waals surface area contributed by atoms with Gasteiger partial charge >= 0.3 is 0 Å². The van der Waals surface area contributed by atoms with Crippen LogP contribution in [0.3, 0.4) is 0 Å². The first-order valence-electron chi connectivity index (χ1n) is 8.58. The van der Waals surface area contributed by atoms with E-state index in [1.807, 2.05) is 12.3 Å². The molecular weight excluding hydrogens is 298 g/mol. The normalized spacial score (nSPS) is 20.2. The number of ether oxygens (including phenoxy) is 1. The molecule has 1 aliphatic heterocycles. The maximum absolute atomic E-state index is 5.11. The van der Waals surface area contributed by atoms with E-state index in [0.29, 0.717) is 11.9 Å². The highest BCUT2D eigenvalue weighted by atomic mass is 16.5. The van der Waals surface area contributed by atoms with Crippen LogP contribution in [0.1, 0.15) is 31.4 Å². The number of benzene rings is 1. The average molecular weight is 325 g/mol. The van der Waals surface area contributed by atoms with E-state index in [0.717, 1.165) is 26.1 Å². The van der Waals surface area contributed by atoms with Crippen LogP contribution in [0.5, 0.6) is 5.88 Å². The summed E-state index contributed by atoms with van der Waals surface area (Å²) >= 11 is 0. The molecular formula is C20H27N3O. The molecule has 1 N–H and O–H groups in total. The van der Waals surface area contributed by atoms with Crippen molar-refractivity contribution in [3.05, 3.63) is 59.8 Å². The highest BCUT2D eigenvalue weighted by Crippen LogP contribution is 2.30. The Bertz CT molecular complexity index is 640. The van der Waals surface area contributed by atoms with Crippen LogP contribution in [0.15, 0.2) is 48.7 Å². The molecule has 1 aromatic heterocycles. The van der Waals surface area contributed by atoms with Crippen molar-refractivity contribution in [2.24, 2.45) is 0 Å². The van der Waals surface area contributed by atoms with Gasteiger partial charge in [0, 0.05) is 43.5 Å². The van der Waals surface area contributed by atoms with Gasteiger partial charge in [0.25, 0.3) is 0 Å². The number of rotatable bonds is 6. The standard InChI is InChI=1S/C20H27N3O/c1-20(2)11-18(15-23(20)14-16-7-5-4-6-8-16)21-12-17-9-10-19(24-3)22-13-17/h4-10,13,18,21H,11-12,14-15H2,1-3H3/t18-/m0/s1. The minimum absolute atomic E-state index is 0.214. The predicted octanol–water partition coefficient (Wildman–Crippen LogP) is 3.23. The molecule has 1 fully saturated rings. The van der Waals surface area contributed by atoms with Crippen molar-refractivity contribution in [1.82, 2.24) is 15.2 Å². The molecule has 1 saturated heterocycles. The number of pyridine rings is 1. The third-order valence-corrected chi connectivity index (χ3v) is 4.86. The Labute approximate surface area is 144 Å². The second-order valence-electron chi connectivity index (χ2n) is 7.17. The third kappa shape index (κ3) is 4.13. The number of nitrogens with zero attached hydrogens (tertiary/aromatic N) is 2. The maximum Gasteiger partial charge on any atom is 0.212 e. The lowest BCUT2D eigenvalue weighted by atomic mass is 9.99. The Morgan fingerprint density at radius 1 is 1.17 bits per heavy atom. The summed E-state index contributed by atoms with van der Waals surface area (Å²) in [6.07, 6.45) is 3.04. The molecule has 1 atom stereocenters. The zero-order valence-electron chi connectivity index (χ0n) is 14.8. The first-order valence-corrected chi connectivity index (χ1v) is 8.58. The topological polar surface area (TPSA) is 37.4 Å². The van der Waals surface area contributed by atoms with Gasteiger partial charge in [-0.3, -0.25) is 4.90 Å². The molecule has 0 aliphatic carbocycles. The summed E-state index contributed by atoms with van der Waals surface area (Å²) in [4.78, 5) is 6.84. The Hall–Kier alpha value is -1.91. The summed E-state index contributed by atoms with van der Waals surface area (Å²) in [6, 6.07) is 15.2. The lowest BCUT2D eigenvalue weighted by molar-refractivity contribution is 0.166. The molecule has 24 heavy (non-hydrogen) atoms. The van der Waals surface area contributed by atoms with Crippen molar-refractivity contribution in [2.45, 2.75) is 44.9 Å². The second kappa shape index (κ2) is 7.32. The fourth-order valence-corrected chi connectivity index (χ4v) is 3.43. The average Bonchev–Trinajstić information content (AvgIpc) is 2.88. The maximum atomic E-state index is 5.11. The van der Waals surface area contributed by atoms with Crippen LogP contribution < -0.4 is 10.1 Å². The highest BCUT2D eigenvalue weighted by Gasteiger charge is 2.37. The fraction of sp³-hybridized carbons (Fsp3) is 0.450. The predicted molar refractivity (Wildman–Crippen MR) is 97.0 cm³/mol. The van der Waals surface area contributed by atoms with Crippen LogP contribution in [-0.4, -0.2) is 35.1 Å². The van der Waals surface area contributed by atoms with Gasteiger partial charge in [0.1, 0.15) is 0 Å². The van der Waals surface area contributed by atoms with Gasteiger partial charge in [-0.15, -0.1) is 0 Å². The Kier molecular flexibility index (Phi) is 5.17. The minimum atomic E-state index is 0.214. The molecule has 2 heterocycles. The largest absolute Gasteiger partial charge is 0.481 e. The number of hydrogen-bond donors (Lipinski definition) is 1.